The summed E-state index contributed by atoms with van der Waals surface area (Å²) in [5, 5.41) is 2.83. The highest BCUT2D eigenvalue weighted by molar-refractivity contribution is 7.92. The van der Waals surface area contributed by atoms with Crippen molar-refractivity contribution >= 4 is 27.3 Å². The molecule has 0 aliphatic rings. The molecule has 0 saturated carbocycles. The summed E-state index contributed by atoms with van der Waals surface area (Å²) in [6, 6.07) is 18.4. The number of nitrogens with one attached hydrogen (secondary N) is 2. The van der Waals surface area contributed by atoms with E-state index in [2.05, 4.69) is 10.0 Å². The Bertz CT molecular complexity index is 1120. The van der Waals surface area contributed by atoms with Crippen LogP contribution in [0.2, 0.25) is 0 Å². The average Bonchev–Trinajstić information content (AvgIpc) is 2.71. The predicted molar refractivity (Wildman–Crippen MR) is 114 cm³/mol. The van der Waals surface area contributed by atoms with Crippen molar-refractivity contribution in [3.63, 3.8) is 0 Å². The van der Waals surface area contributed by atoms with E-state index in [-0.39, 0.29) is 10.8 Å². The summed E-state index contributed by atoms with van der Waals surface area (Å²) in [6.45, 7) is 3.72. The summed E-state index contributed by atoms with van der Waals surface area (Å²) in [7, 11) is -2.24. The average molecular weight is 410 g/mol. The molecule has 3 aromatic rings. The monoisotopic (exact) mass is 410 g/mol. The summed E-state index contributed by atoms with van der Waals surface area (Å²) in [5.41, 5.74) is 3.29. The fraction of sp³-hybridized carbons (Fsp3) is 0.136. The normalized spacial score (nSPS) is 11.0. The molecule has 29 heavy (non-hydrogen) atoms. The minimum Gasteiger partial charge on any atom is -0.497 e. The van der Waals surface area contributed by atoms with Crippen molar-refractivity contribution in [3.8, 4) is 5.75 Å². The molecule has 7 heteroatoms. The van der Waals surface area contributed by atoms with Gasteiger partial charge in [-0.2, -0.15) is 0 Å². The first-order chi connectivity index (χ1) is 13.8. The maximum atomic E-state index is 12.6. The first kappa shape index (κ1) is 20.4. The second-order valence-corrected chi connectivity index (χ2v) is 8.31. The predicted octanol–water partition coefficient (Wildman–Crippen LogP) is 4.37. The Morgan fingerprint density at radius 2 is 1.55 bits per heavy atom. The molecule has 3 aromatic carbocycles. The van der Waals surface area contributed by atoms with Crippen LogP contribution in [-0.2, 0) is 10.0 Å². The van der Waals surface area contributed by atoms with Crippen molar-refractivity contribution < 1.29 is 17.9 Å². The van der Waals surface area contributed by atoms with E-state index in [0.717, 1.165) is 5.56 Å². The Labute approximate surface area is 170 Å². The molecule has 0 saturated heterocycles. The number of benzene rings is 3. The maximum absolute atomic E-state index is 12.6. The number of methoxy groups -OCH3 is 1. The van der Waals surface area contributed by atoms with Crippen LogP contribution in [0.1, 0.15) is 21.5 Å². The third-order valence-corrected chi connectivity index (χ3v) is 5.79. The molecule has 0 radical (unpaired) electrons. The summed E-state index contributed by atoms with van der Waals surface area (Å²) in [6.07, 6.45) is 0. The van der Waals surface area contributed by atoms with Crippen LogP contribution in [0.5, 0.6) is 5.75 Å². The van der Waals surface area contributed by atoms with Gasteiger partial charge >= 0.3 is 0 Å². The number of rotatable bonds is 6. The van der Waals surface area contributed by atoms with Gasteiger partial charge in [0.05, 0.1) is 17.7 Å². The lowest BCUT2D eigenvalue weighted by molar-refractivity contribution is 0.102. The molecule has 0 bridgehead atoms. The first-order valence-corrected chi connectivity index (χ1v) is 10.4. The highest BCUT2D eigenvalue weighted by atomic mass is 32.2. The van der Waals surface area contributed by atoms with E-state index in [1.165, 1.54) is 19.2 Å². The molecule has 0 unspecified atom stereocenters. The van der Waals surface area contributed by atoms with Crippen molar-refractivity contribution in [1.82, 2.24) is 0 Å². The van der Waals surface area contributed by atoms with Crippen LogP contribution in [0.3, 0.4) is 0 Å². The number of hydrogen-bond donors (Lipinski definition) is 2. The zero-order valence-electron chi connectivity index (χ0n) is 16.4. The zero-order valence-corrected chi connectivity index (χ0v) is 17.2. The van der Waals surface area contributed by atoms with Crippen LogP contribution in [0.25, 0.3) is 0 Å². The molecule has 0 aromatic heterocycles. The number of anilines is 2. The Balaban J connectivity index is 1.76. The van der Waals surface area contributed by atoms with E-state index in [0.29, 0.717) is 28.3 Å². The van der Waals surface area contributed by atoms with Gasteiger partial charge in [-0.3, -0.25) is 9.52 Å². The first-order valence-electron chi connectivity index (χ1n) is 8.94. The number of amides is 1. The molecular weight excluding hydrogens is 388 g/mol. The fourth-order valence-electron chi connectivity index (χ4n) is 2.72. The quantitative estimate of drug-likeness (QED) is 0.632. The van der Waals surface area contributed by atoms with Gasteiger partial charge in [-0.25, -0.2) is 8.42 Å². The lowest BCUT2D eigenvalue weighted by atomic mass is 10.1. The van der Waals surface area contributed by atoms with Gasteiger partial charge in [0.15, 0.2) is 0 Å². The topological polar surface area (TPSA) is 84.5 Å². The van der Waals surface area contributed by atoms with Gasteiger partial charge in [0, 0.05) is 11.3 Å². The lowest BCUT2D eigenvalue weighted by Gasteiger charge is -2.12. The van der Waals surface area contributed by atoms with Crippen molar-refractivity contribution in [3.05, 3.63) is 83.4 Å². The third kappa shape index (κ3) is 4.94. The van der Waals surface area contributed by atoms with Crippen molar-refractivity contribution in [1.29, 1.82) is 0 Å². The Kier molecular flexibility index (Phi) is 5.89. The van der Waals surface area contributed by atoms with Crippen LogP contribution in [-0.4, -0.2) is 21.4 Å². The molecule has 0 heterocycles. The van der Waals surface area contributed by atoms with Gasteiger partial charge in [-0.05, 0) is 74.0 Å². The Morgan fingerprint density at radius 3 is 2.14 bits per heavy atom. The minimum absolute atomic E-state index is 0.124. The molecule has 6 nitrogen and oxygen atoms in total. The van der Waals surface area contributed by atoms with Gasteiger partial charge < -0.3 is 10.1 Å². The van der Waals surface area contributed by atoms with Gasteiger partial charge in [-0.1, -0.05) is 17.7 Å². The summed E-state index contributed by atoms with van der Waals surface area (Å²) < 4.78 is 32.8. The summed E-state index contributed by atoms with van der Waals surface area (Å²) in [5.74, 6) is 0.311. The van der Waals surface area contributed by atoms with Crippen LogP contribution in [0, 0.1) is 13.8 Å². The lowest BCUT2D eigenvalue weighted by Crippen LogP contribution is -2.15. The Hall–Kier alpha value is -3.32. The third-order valence-electron chi connectivity index (χ3n) is 4.41. The van der Waals surface area contributed by atoms with E-state index >= 15 is 0 Å². The highest BCUT2D eigenvalue weighted by Gasteiger charge is 2.16. The summed E-state index contributed by atoms with van der Waals surface area (Å²) in [4.78, 5) is 12.6. The van der Waals surface area contributed by atoms with E-state index in [4.69, 9.17) is 4.74 Å². The maximum Gasteiger partial charge on any atom is 0.261 e. The van der Waals surface area contributed by atoms with Crippen molar-refractivity contribution in [2.45, 2.75) is 18.7 Å². The molecule has 0 atom stereocenters. The number of sulfonamides is 1. The van der Waals surface area contributed by atoms with E-state index < -0.39 is 10.0 Å². The number of hydrogen-bond acceptors (Lipinski definition) is 4. The minimum atomic E-state index is -3.75. The van der Waals surface area contributed by atoms with Gasteiger partial charge in [0.2, 0.25) is 0 Å². The standard InChI is InChI=1S/C22H22N2O4S/c1-15-4-7-18(8-5-15)23-22(25)17-6-13-21(16(2)14-17)24-29(26,27)20-11-9-19(28-3)10-12-20/h4-14,24H,1-3H3,(H,23,25). The molecule has 1 amide bonds. The van der Waals surface area contributed by atoms with Gasteiger partial charge in [0.25, 0.3) is 15.9 Å². The molecule has 3 rings (SSSR count). The molecule has 2 N–H and O–H groups in total. The van der Waals surface area contributed by atoms with Crippen molar-refractivity contribution in [2.24, 2.45) is 0 Å². The fourth-order valence-corrected chi connectivity index (χ4v) is 3.85. The number of ether oxygens (including phenoxy) is 1. The summed E-state index contributed by atoms with van der Waals surface area (Å²) >= 11 is 0. The molecule has 0 aliphatic carbocycles. The zero-order chi connectivity index (χ0) is 21.0. The van der Waals surface area contributed by atoms with Crippen LogP contribution in [0.15, 0.2) is 71.6 Å². The van der Waals surface area contributed by atoms with E-state index in [1.54, 1.807) is 37.3 Å². The van der Waals surface area contributed by atoms with Crippen LogP contribution >= 0.6 is 0 Å². The molecule has 0 fully saturated rings. The van der Waals surface area contributed by atoms with Gasteiger partial charge in [0.1, 0.15) is 5.75 Å². The largest absolute Gasteiger partial charge is 0.497 e. The molecular formula is C22H22N2O4S. The molecule has 0 spiro atoms. The van der Waals surface area contributed by atoms with Gasteiger partial charge in [-0.15, -0.1) is 0 Å². The second kappa shape index (κ2) is 8.36. The highest BCUT2D eigenvalue weighted by Crippen LogP contribution is 2.23. The second-order valence-electron chi connectivity index (χ2n) is 6.63. The van der Waals surface area contributed by atoms with Crippen LogP contribution < -0.4 is 14.8 Å². The van der Waals surface area contributed by atoms with Crippen LogP contribution in [0.4, 0.5) is 11.4 Å². The van der Waals surface area contributed by atoms with Crippen molar-refractivity contribution in [2.75, 3.05) is 17.1 Å². The number of carbonyl (C=O) groups is 1. The Morgan fingerprint density at radius 1 is 0.897 bits per heavy atom. The molecule has 0 aliphatic heterocycles. The number of carbonyl (C=O) groups excluding carboxylic acids is 1. The SMILES string of the molecule is COc1ccc(S(=O)(=O)Nc2ccc(C(=O)Nc3ccc(C)cc3)cc2C)cc1. The number of aryl methyl sites for hydroxylation is 2. The van der Waals surface area contributed by atoms with E-state index in [9.17, 15) is 13.2 Å². The molecule has 150 valence electrons. The smallest absolute Gasteiger partial charge is 0.261 e. The van der Waals surface area contributed by atoms with E-state index in [1.807, 2.05) is 31.2 Å².